The second-order valence-electron chi connectivity index (χ2n) is 6.47. The van der Waals surface area contributed by atoms with E-state index in [1.807, 2.05) is 66.7 Å². The summed E-state index contributed by atoms with van der Waals surface area (Å²) in [5, 5.41) is 0.706. The standard InChI is InChI=1S/C23H21ClN2O2/c1-27-19-9-5-10-20(16-19)28-14-6-13-26-22-12-3-2-11-21(22)25-23(26)17-7-4-8-18(24)15-17/h2-5,7-12,15-16H,6,13-14H2,1H3. The first-order valence-electron chi connectivity index (χ1n) is 9.22. The fourth-order valence-corrected chi connectivity index (χ4v) is 3.44. The number of hydrogen-bond donors (Lipinski definition) is 0. The van der Waals surface area contributed by atoms with Gasteiger partial charge in [0.05, 0.1) is 24.8 Å². The van der Waals surface area contributed by atoms with E-state index < -0.39 is 0 Å². The van der Waals surface area contributed by atoms with Crippen LogP contribution in [0.25, 0.3) is 22.4 Å². The molecule has 0 atom stereocenters. The summed E-state index contributed by atoms with van der Waals surface area (Å²) in [6, 6.07) is 23.6. The number of halogens is 1. The Morgan fingerprint density at radius 3 is 2.61 bits per heavy atom. The molecule has 28 heavy (non-hydrogen) atoms. The van der Waals surface area contributed by atoms with Gasteiger partial charge in [0.25, 0.3) is 0 Å². The third-order valence-electron chi connectivity index (χ3n) is 4.57. The van der Waals surface area contributed by atoms with Gasteiger partial charge in [0, 0.05) is 23.2 Å². The Kier molecular flexibility index (Phi) is 5.49. The topological polar surface area (TPSA) is 36.3 Å². The minimum absolute atomic E-state index is 0.606. The number of hydrogen-bond acceptors (Lipinski definition) is 3. The first kappa shape index (κ1) is 18.4. The summed E-state index contributed by atoms with van der Waals surface area (Å²) < 4.78 is 13.4. The fourth-order valence-electron chi connectivity index (χ4n) is 3.25. The molecule has 4 nitrogen and oxygen atoms in total. The summed E-state index contributed by atoms with van der Waals surface area (Å²) in [5.41, 5.74) is 3.10. The number of rotatable bonds is 7. The zero-order valence-electron chi connectivity index (χ0n) is 15.6. The van der Waals surface area contributed by atoms with Crippen molar-refractivity contribution in [1.82, 2.24) is 9.55 Å². The SMILES string of the molecule is COc1cccc(OCCCn2c(-c3cccc(Cl)c3)nc3ccccc32)c1. The Labute approximate surface area is 169 Å². The Morgan fingerprint density at radius 1 is 0.929 bits per heavy atom. The Bertz CT molecular complexity index is 1090. The quantitative estimate of drug-likeness (QED) is 0.371. The summed E-state index contributed by atoms with van der Waals surface area (Å²) in [4.78, 5) is 4.83. The van der Waals surface area contributed by atoms with Crippen LogP contribution in [0.1, 0.15) is 6.42 Å². The van der Waals surface area contributed by atoms with E-state index in [-0.39, 0.29) is 0 Å². The van der Waals surface area contributed by atoms with E-state index >= 15 is 0 Å². The van der Waals surface area contributed by atoms with Gasteiger partial charge in [-0.05, 0) is 42.8 Å². The van der Waals surface area contributed by atoms with Gasteiger partial charge in [0.15, 0.2) is 0 Å². The molecule has 0 spiro atoms. The van der Waals surface area contributed by atoms with Crippen LogP contribution in [0.5, 0.6) is 11.5 Å². The molecule has 1 heterocycles. The van der Waals surface area contributed by atoms with Crippen molar-refractivity contribution in [1.29, 1.82) is 0 Å². The van der Waals surface area contributed by atoms with E-state index in [2.05, 4.69) is 10.6 Å². The van der Waals surface area contributed by atoms with E-state index in [4.69, 9.17) is 26.1 Å². The molecule has 4 aromatic rings. The van der Waals surface area contributed by atoms with Crippen molar-refractivity contribution in [2.45, 2.75) is 13.0 Å². The highest BCUT2D eigenvalue weighted by Crippen LogP contribution is 2.27. The van der Waals surface area contributed by atoms with E-state index in [1.165, 1.54) is 0 Å². The minimum atomic E-state index is 0.606. The average Bonchev–Trinajstić information content (AvgIpc) is 3.10. The minimum Gasteiger partial charge on any atom is -0.497 e. The number of methoxy groups -OCH3 is 1. The van der Waals surface area contributed by atoms with Gasteiger partial charge in [-0.3, -0.25) is 0 Å². The van der Waals surface area contributed by atoms with Crippen LogP contribution in [-0.2, 0) is 6.54 Å². The zero-order chi connectivity index (χ0) is 19.3. The highest BCUT2D eigenvalue weighted by Gasteiger charge is 2.12. The number of nitrogens with zero attached hydrogens (tertiary/aromatic N) is 2. The lowest BCUT2D eigenvalue weighted by atomic mass is 10.2. The highest BCUT2D eigenvalue weighted by molar-refractivity contribution is 6.30. The van der Waals surface area contributed by atoms with Gasteiger partial charge in [-0.1, -0.05) is 41.9 Å². The molecule has 0 aliphatic carbocycles. The van der Waals surface area contributed by atoms with Gasteiger partial charge in [0.1, 0.15) is 17.3 Å². The molecule has 0 aliphatic rings. The molecule has 0 saturated carbocycles. The normalized spacial score (nSPS) is 10.9. The lowest BCUT2D eigenvalue weighted by Gasteiger charge is -2.11. The van der Waals surface area contributed by atoms with Crippen LogP contribution >= 0.6 is 11.6 Å². The predicted molar refractivity (Wildman–Crippen MR) is 113 cm³/mol. The Morgan fingerprint density at radius 2 is 1.75 bits per heavy atom. The van der Waals surface area contributed by atoms with Crippen molar-refractivity contribution in [3.63, 3.8) is 0 Å². The fraction of sp³-hybridized carbons (Fsp3) is 0.174. The van der Waals surface area contributed by atoms with Gasteiger partial charge >= 0.3 is 0 Å². The van der Waals surface area contributed by atoms with Crippen LogP contribution in [0.4, 0.5) is 0 Å². The number of para-hydroxylation sites is 2. The van der Waals surface area contributed by atoms with E-state index in [0.29, 0.717) is 11.6 Å². The number of ether oxygens (including phenoxy) is 2. The van der Waals surface area contributed by atoms with Crippen LogP contribution in [-0.4, -0.2) is 23.3 Å². The third kappa shape index (κ3) is 3.97. The van der Waals surface area contributed by atoms with Crippen LogP contribution in [0, 0.1) is 0 Å². The second kappa shape index (κ2) is 8.36. The maximum atomic E-state index is 6.20. The van der Waals surface area contributed by atoms with E-state index in [9.17, 15) is 0 Å². The summed E-state index contributed by atoms with van der Waals surface area (Å²) in [6.07, 6.45) is 0.852. The molecule has 0 aliphatic heterocycles. The number of imidazole rings is 1. The molecule has 0 unspecified atom stereocenters. The maximum absolute atomic E-state index is 6.20. The number of fused-ring (bicyclic) bond motifs is 1. The highest BCUT2D eigenvalue weighted by atomic mass is 35.5. The molecule has 1 aromatic heterocycles. The van der Waals surface area contributed by atoms with E-state index in [0.717, 1.165) is 46.9 Å². The van der Waals surface area contributed by atoms with Gasteiger partial charge in [-0.15, -0.1) is 0 Å². The first-order chi connectivity index (χ1) is 13.7. The average molecular weight is 393 g/mol. The molecule has 5 heteroatoms. The van der Waals surface area contributed by atoms with Crippen LogP contribution in [0.2, 0.25) is 5.02 Å². The summed E-state index contributed by atoms with van der Waals surface area (Å²) in [6.45, 7) is 1.40. The lowest BCUT2D eigenvalue weighted by Crippen LogP contribution is -2.06. The molecule has 3 aromatic carbocycles. The number of aromatic nitrogens is 2. The molecule has 0 amide bonds. The Hall–Kier alpha value is -2.98. The van der Waals surface area contributed by atoms with Gasteiger partial charge in [-0.25, -0.2) is 4.98 Å². The molecular weight excluding hydrogens is 372 g/mol. The van der Waals surface area contributed by atoms with Gasteiger partial charge < -0.3 is 14.0 Å². The largest absolute Gasteiger partial charge is 0.497 e. The number of benzene rings is 3. The summed E-state index contributed by atoms with van der Waals surface area (Å²) in [7, 11) is 1.65. The smallest absolute Gasteiger partial charge is 0.141 e. The van der Waals surface area contributed by atoms with Crippen molar-refractivity contribution < 1.29 is 9.47 Å². The summed E-state index contributed by atoms with van der Waals surface area (Å²) in [5.74, 6) is 2.52. The Balaban J connectivity index is 1.53. The first-order valence-corrected chi connectivity index (χ1v) is 9.60. The molecule has 0 N–H and O–H groups in total. The van der Waals surface area contributed by atoms with Crippen molar-refractivity contribution in [2.75, 3.05) is 13.7 Å². The summed E-state index contributed by atoms with van der Waals surface area (Å²) >= 11 is 6.20. The lowest BCUT2D eigenvalue weighted by molar-refractivity contribution is 0.300. The van der Waals surface area contributed by atoms with Gasteiger partial charge in [0.2, 0.25) is 0 Å². The second-order valence-corrected chi connectivity index (χ2v) is 6.90. The molecular formula is C23H21ClN2O2. The predicted octanol–water partition coefficient (Wildman–Crippen LogP) is 5.83. The monoisotopic (exact) mass is 392 g/mol. The molecule has 0 fully saturated rings. The van der Waals surface area contributed by atoms with Crippen molar-refractivity contribution in [2.24, 2.45) is 0 Å². The van der Waals surface area contributed by atoms with Crippen molar-refractivity contribution in [3.05, 3.63) is 77.8 Å². The van der Waals surface area contributed by atoms with Crippen LogP contribution < -0.4 is 9.47 Å². The maximum Gasteiger partial charge on any atom is 0.141 e. The molecule has 0 bridgehead atoms. The molecule has 0 saturated heterocycles. The molecule has 4 rings (SSSR count). The van der Waals surface area contributed by atoms with Crippen molar-refractivity contribution in [3.8, 4) is 22.9 Å². The van der Waals surface area contributed by atoms with Crippen molar-refractivity contribution >= 4 is 22.6 Å². The van der Waals surface area contributed by atoms with Crippen LogP contribution in [0.3, 0.4) is 0 Å². The van der Waals surface area contributed by atoms with Crippen LogP contribution in [0.15, 0.2) is 72.8 Å². The van der Waals surface area contributed by atoms with Gasteiger partial charge in [-0.2, -0.15) is 0 Å². The third-order valence-corrected chi connectivity index (χ3v) is 4.81. The zero-order valence-corrected chi connectivity index (χ0v) is 16.4. The molecule has 0 radical (unpaired) electrons. The molecule has 142 valence electrons. The van der Waals surface area contributed by atoms with E-state index in [1.54, 1.807) is 7.11 Å². The number of aryl methyl sites for hydroxylation is 1.